The molecule has 1 N–H and O–H groups in total. The van der Waals surface area contributed by atoms with E-state index in [2.05, 4.69) is 59.5 Å². The van der Waals surface area contributed by atoms with Gasteiger partial charge in [-0.25, -0.2) is 9.97 Å². The van der Waals surface area contributed by atoms with Crippen LogP contribution in [-0.4, -0.2) is 19.5 Å². The molecule has 0 amide bonds. The zero-order valence-corrected chi connectivity index (χ0v) is 16.3. The third-order valence-electron chi connectivity index (χ3n) is 4.96. The molecular formula is C23H25N5. The number of aromatic nitrogens is 4. The van der Waals surface area contributed by atoms with E-state index in [1.165, 1.54) is 24.0 Å². The molecular weight excluding hydrogens is 346 g/mol. The summed E-state index contributed by atoms with van der Waals surface area (Å²) in [7, 11) is 0. The number of hydrogen-bond donors (Lipinski definition) is 1. The number of nitrogens with zero attached hydrogens (tertiary/aromatic N) is 4. The average Bonchev–Trinajstić information content (AvgIpc) is 3.16. The molecule has 2 aromatic carbocycles. The fourth-order valence-electron chi connectivity index (χ4n) is 3.34. The first kappa shape index (κ1) is 18.2. The van der Waals surface area contributed by atoms with Crippen LogP contribution < -0.4 is 5.32 Å². The van der Waals surface area contributed by atoms with E-state index >= 15 is 0 Å². The van der Waals surface area contributed by atoms with Crippen molar-refractivity contribution < 1.29 is 0 Å². The average molecular weight is 371 g/mol. The molecule has 0 aliphatic heterocycles. The van der Waals surface area contributed by atoms with Crippen molar-refractivity contribution in [2.24, 2.45) is 0 Å². The van der Waals surface area contributed by atoms with Crippen LogP contribution in [0.15, 0.2) is 67.1 Å². The maximum Gasteiger partial charge on any atom is 0.225 e. The second-order valence-electron chi connectivity index (χ2n) is 7.06. The van der Waals surface area contributed by atoms with Crippen LogP contribution in [0.2, 0.25) is 0 Å². The van der Waals surface area contributed by atoms with Gasteiger partial charge in [-0.2, -0.15) is 4.98 Å². The monoisotopic (exact) mass is 371 g/mol. The van der Waals surface area contributed by atoms with Gasteiger partial charge in [0.25, 0.3) is 0 Å². The minimum Gasteiger partial charge on any atom is -0.348 e. The Balaban J connectivity index is 1.62. The van der Waals surface area contributed by atoms with Crippen LogP contribution in [0.5, 0.6) is 0 Å². The van der Waals surface area contributed by atoms with Gasteiger partial charge in [0, 0.05) is 6.20 Å². The molecule has 5 nitrogen and oxygen atoms in total. The van der Waals surface area contributed by atoms with Crippen LogP contribution >= 0.6 is 0 Å². The highest BCUT2D eigenvalue weighted by molar-refractivity contribution is 5.77. The standard InChI is InChI=1S/C23H25N5/c1-3-4-8-18-11-12-20-21(15-18)28(16-25-20)22-13-14-24-23(27-22)26-17(2)19-9-6-5-7-10-19/h5-7,9-17H,3-4,8H2,1-2H3,(H,24,26,27). The van der Waals surface area contributed by atoms with Gasteiger partial charge in [0.05, 0.1) is 17.1 Å². The van der Waals surface area contributed by atoms with E-state index in [0.29, 0.717) is 5.95 Å². The van der Waals surface area contributed by atoms with E-state index in [4.69, 9.17) is 4.98 Å². The lowest BCUT2D eigenvalue weighted by Crippen LogP contribution is -2.10. The number of fused-ring (bicyclic) bond motifs is 1. The maximum absolute atomic E-state index is 4.72. The fraction of sp³-hybridized carbons (Fsp3) is 0.261. The van der Waals surface area contributed by atoms with Gasteiger partial charge < -0.3 is 5.32 Å². The molecule has 4 rings (SSSR count). The van der Waals surface area contributed by atoms with E-state index in [0.717, 1.165) is 23.3 Å². The first-order valence-electron chi connectivity index (χ1n) is 9.85. The summed E-state index contributed by atoms with van der Waals surface area (Å²) in [5, 5.41) is 3.39. The molecule has 142 valence electrons. The summed E-state index contributed by atoms with van der Waals surface area (Å²) in [4.78, 5) is 13.7. The van der Waals surface area contributed by atoms with Crippen LogP contribution in [-0.2, 0) is 6.42 Å². The SMILES string of the molecule is CCCCc1ccc2ncn(-c3ccnc(NC(C)c4ccccc4)n3)c2c1. The van der Waals surface area contributed by atoms with Crippen LogP contribution in [0.25, 0.3) is 16.9 Å². The Kier molecular flexibility index (Phi) is 5.33. The van der Waals surface area contributed by atoms with Gasteiger partial charge in [-0.15, -0.1) is 0 Å². The second kappa shape index (κ2) is 8.21. The molecule has 4 aromatic rings. The highest BCUT2D eigenvalue weighted by Crippen LogP contribution is 2.21. The van der Waals surface area contributed by atoms with Crippen molar-refractivity contribution in [1.82, 2.24) is 19.5 Å². The van der Waals surface area contributed by atoms with Crippen molar-refractivity contribution in [2.45, 2.75) is 39.2 Å². The Morgan fingerprint density at radius 3 is 2.71 bits per heavy atom. The number of nitrogens with one attached hydrogen (secondary N) is 1. The smallest absolute Gasteiger partial charge is 0.225 e. The van der Waals surface area contributed by atoms with E-state index in [1.54, 1.807) is 6.20 Å². The first-order valence-corrected chi connectivity index (χ1v) is 9.85. The molecule has 2 heterocycles. The van der Waals surface area contributed by atoms with Crippen LogP contribution in [0.1, 0.15) is 43.9 Å². The van der Waals surface area contributed by atoms with Crippen molar-refractivity contribution >= 4 is 17.0 Å². The van der Waals surface area contributed by atoms with Crippen LogP contribution in [0, 0.1) is 0 Å². The molecule has 0 aliphatic carbocycles. The zero-order chi connectivity index (χ0) is 19.3. The molecule has 5 heteroatoms. The minimum absolute atomic E-state index is 0.122. The Morgan fingerprint density at radius 1 is 1.04 bits per heavy atom. The number of imidazole rings is 1. The van der Waals surface area contributed by atoms with E-state index in [1.807, 2.05) is 35.2 Å². The molecule has 1 atom stereocenters. The number of aryl methyl sites for hydroxylation is 1. The third-order valence-corrected chi connectivity index (χ3v) is 4.96. The van der Waals surface area contributed by atoms with Crippen LogP contribution in [0.4, 0.5) is 5.95 Å². The molecule has 0 aliphatic rings. The van der Waals surface area contributed by atoms with Gasteiger partial charge >= 0.3 is 0 Å². The van der Waals surface area contributed by atoms with E-state index < -0.39 is 0 Å². The molecule has 2 aromatic heterocycles. The first-order chi connectivity index (χ1) is 13.7. The zero-order valence-electron chi connectivity index (χ0n) is 16.3. The number of rotatable bonds is 7. The summed E-state index contributed by atoms with van der Waals surface area (Å²) in [6.45, 7) is 4.33. The molecule has 0 saturated heterocycles. The molecule has 0 radical (unpaired) electrons. The summed E-state index contributed by atoms with van der Waals surface area (Å²) < 4.78 is 2.03. The number of unbranched alkanes of at least 4 members (excludes halogenated alkanes) is 1. The lowest BCUT2D eigenvalue weighted by molar-refractivity contribution is 0.795. The fourth-order valence-corrected chi connectivity index (χ4v) is 3.34. The van der Waals surface area contributed by atoms with Gasteiger partial charge in [0.1, 0.15) is 12.1 Å². The summed E-state index contributed by atoms with van der Waals surface area (Å²) >= 11 is 0. The number of anilines is 1. The van der Waals surface area contributed by atoms with Gasteiger partial charge in [0.15, 0.2) is 0 Å². The van der Waals surface area contributed by atoms with Gasteiger partial charge in [-0.05, 0) is 49.1 Å². The molecule has 0 saturated carbocycles. The van der Waals surface area contributed by atoms with Crippen molar-refractivity contribution in [3.63, 3.8) is 0 Å². The molecule has 0 fully saturated rings. The molecule has 28 heavy (non-hydrogen) atoms. The second-order valence-corrected chi connectivity index (χ2v) is 7.06. The lowest BCUT2D eigenvalue weighted by Gasteiger charge is -2.14. The summed E-state index contributed by atoms with van der Waals surface area (Å²) in [5.74, 6) is 1.42. The minimum atomic E-state index is 0.122. The van der Waals surface area contributed by atoms with Gasteiger partial charge in [0.2, 0.25) is 5.95 Å². The Labute approximate surface area is 165 Å². The lowest BCUT2D eigenvalue weighted by atomic mass is 10.1. The van der Waals surface area contributed by atoms with E-state index in [9.17, 15) is 0 Å². The maximum atomic E-state index is 4.72. The van der Waals surface area contributed by atoms with Gasteiger partial charge in [-0.1, -0.05) is 49.7 Å². The van der Waals surface area contributed by atoms with Crippen LogP contribution in [0.3, 0.4) is 0 Å². The highest BCUT2D eigenvalue weighted by Gasteiger charge is 2.10. The predicted octanol–water partition coefficient (Wildman–Crippen LogP) is 5.33. The van der Waals surface area contributed by atoms with Crippen molar-refractivity contribution in [1.29, 1.82) is 0 Å². The normalized spacial score (nSPS) is 12.2. The largest absolute Gasteiger partial charge is 0.348 e. The van der Waals surface area contributed by atoms with Crippen molar-refractivity contribution in [3.8, 4) is 5.82 Å². The Morgan fingerprint density at radius 2 is 1.89 bits per heavy atom. The Hall–Kier alpha value is -3.21. The molecule has 0 spiro atoms. The van der Waals surface area contributed by atoms with Crippen molar-refractivity contribution in [2.75, 3.05) is 5.32 Å². The summed E-state index contributed by atoms with van der Waals surface area (Å²) in [6, 6.07) is 18.8. The van der Waals surface area contributed by atoms with E-state index in [-0.39, 0.29) is 6.04 Å². The number of hydrogen-bond acceptors (Lipinski definition) is 4. The highest BCUT2D eigenvalue weighted by atomic mass is 15.2. The van der Waals surface area contributed by atoms with Crippen molar-refractivity contribution in [3.05, 3.63) is 78.2 Å². The van der Waals surface area contributed by atoms with Gasteiger partial charge in [-0.3, -0.25) is 4.57 Å². The quantitative estimate of drug-likeness (QED) is 0.477. The number of benzene rings is 2. The topological polar surface area (TPSA) is 55.6 Å². The molecule has 1 unspecified atom stereocenters. The summed E-state index contributed by atoms with van der Waals surface area (Å²) in [6.07, 6.45) is 7.09. The predicted molar refractivity (Wildman–Crippen MR) is 114 cm³/mol. The Bertz CT molecular complexity index is 1050. The summed E-state index contributed by atoms with van der Waals surface area (Å²) in [5.41, 5.74) is 4.59. The third kappa shape index (κ3) is 3.88. The molecule has 0 bridgehead atoms.